The molecule has 4 heteroatoms. The Kier molecular flexibility index (Phi) is 4.30. The number of benzene rings is 1. The largest absolute Gasteiger partial charge is 0.493 e. The average Bonchev–Trinajstić information content (AvgIpc) is 2.35. The molecular formula is C15H21NO3. The van der Waals surface area contributed by atoms with Gasteiger partial charge in [-0.1, -0.05) is 6.07 Å². The monoisotopic (exact) mass is 263 g/mol. The molecule has 1 saturated carbocycles. The number of ether oxygens (including phenoxy) is 2. The summed E-state index contributed by atoms with van der Waals surface area (Å²) < 4.78 is 10.5. The van der Waals surface area contributed by atoms with Gasteiger partial charge in [0.1, 0.15) is 0 Å². The van der Waals surface area contributed by atoms with Gasteiger partial charge in [0.25, 0.3) is 0 Å². The topological polar surface area (TPSA) is 38.8 Å². The van der Waals surface area contributed by atoms with Gasteiger partial charge in [0.15, 0.2) is 11.5 Å². The maximum absolute atomic E-state index is 11.7. The smallest absolute Gasteiger partial charge is 0.219 e. The highest BCUT2D eigenvalue weighted by atomic mass is 16.5. The lowest BCUT2D eigenvalue weighted by Crippen LogP contribution is -2.42. The molecule has 1 aromatic rings. The maximum atomic E-state index is 11.7. The summed E-state index contributed by atoms with van der Waals surface area (Å²) in [4.78, 5) is 13.7. The van der Waals surface area contributed by atoms with E-state index in [1.54, 1.807) is 21.1 Å². The third-order valence-electron chi connectivity index (χ3n) is 3.72. The van der Waals surface area contributed by atoms with Crippen LogP contribution < -0.4 is 9.47 Å². The highest BCUT2D eigenvalue weighted by Gasteiger charge is 2.26. The fourth-order valence-corrected chi connectivity index (χ4v) is 2.37. The Labute approximate surface area is 114 Å². The Morgan fingerprint density at radius 3 is 2.42 bits per heavy atom. The second-order valence-corrected chi connectivity index (χ2v) is 4.92. The molecule has 0 bridgehead atoms. The van der Waals surface area contributed by atoms with Crippen LogP contribution in [0.2, 0.25) is 0 Å². The van der Waals surface area contributed by atoms with E-state index in [0.717, 1.165) is 18.4 Å². The Balaban J connectivity index is 2.14. The first-order valence-electron chi connectivity index (χ1n) is 6.63. The second kappa shape index (κ2) is 5.95. The number of carbonyl (C=O) groups excluding carboxylic acids is 1. The third-order valence-corrected chi connectivity index (χ3v) is 3.72. The zero-order valence-corrected chi connectivity index (χ0v) is 11.8. The SMILES string of the molecule is COc1ccc(CN(C(C)=O)C2CCC2)cc1OC. The maximum Gasteiger partial charge on any atom is 0.219 e. The van der Waals surface area contributed by atoms with Gasteiger partial charge in [-0.15, -0.1) is 0 Å². The van der Waals surface area contributed by atoms with Gasteiger partial charge in [0.05, 0.1) is 14.2 Å². The van der Waals surface area contributed by atoms with Crippen molar-refractivity contribution >= 4 is 5.91 Å². The molecule has 1 fully saturated rings. The van der Waals surface area contributed by atoms with Crippen LogP contribution in [0.3, 0.4) is 0 Å². The van der Waals surface area contributed by atoms with Crippen LogP contribution in [0.1, 0.15) is 31.7 Å². The minimum absolute atomic E-state index is 0.138. The predicted octanol–water partition coefficient (Wildman–Crippen LogP) is 2.60. The molecule has 0 aromatic heterocycles. The summed E-state index contributed by atoms with van der Waals surface area (Å²) in [6.45, 7) is 2.28. The van der Waals surface area contributed by atoms with Gasteiger partial charge < -0.3 is 14.4 Å². The normalized spacial score (nSPS) is 14.7. The molecule has 0 saturated heterocycles. The zero-order valence-electron chi connectivity index (χ0n) is 11.8. The van der Waals surface area contributed by atoms with Crippen molar-refractivity contribution in [2.24, 2.45) is 0 Å². The molecule has 1 aliphatic carbocycles. The number of methoxy groups -OCH3 is 2. The first kappa shape index (κ1) is 13.7. The first-order valence-corrected chi connectivity index (χ1v) is 6.63. The van der Waals surface area contributed by atoms with Crippen molar-refractivity contribution in [1.82, 2.24) is 4.90 Å². The number of carbonyl (C=O) groups is 1. The molecule has 0 aliphatic heterocycles. The van der Waals surface area contributed by atoms with Gasteiger partial charge in [-0.25, -0.2) is 0 Å². The van der Waals surface area contributed by atoms with Gasteiger partial charge in [-0.3, -0.25) is 4.79 Å². The van der Waals surface area contributed by atoms with E-state index in [0.29, 0.717) is 24.1 Å². The summed E-state index contributed by atoms with van der Waals surface area (Å²) in [6, 6.07) is 6.21. The number of nitrogens with zero attached hydrogens (tertiary/aromatic N) is 1. The third kappa shape index (κ3) is 3.00. The van der Waals surface area contributed by atoms with Crippen molar-refractivity contribution in [2.45, 2.75) is 38.8 Å². The van der Waals surface area contributed by atoms with Crippen molar-refractivity contribution in [2.75, 3.05) is 14.2 Å². The molecule has 2 rings (SSSR count). The molecular weight excluding hydrogens is 242 g/mol. The lowest BCUT2D eigenvalue weighted by atomic mass is 9.91. The molecule has 1 aliphatic rings. The molecule has 1 aromatic carbocycles. The van der Waals surface area contributed by atoms with E-state index >= 15 is 0 Å². The average molecular weight is 263 g/mol. The minimum atomic E-state index is 0.138. The molecule has 0 atom stereocenters. The van der Waals surface area contributed by atoms with Crippen molar-refractivity contribution < 1.29 is 14.3 Å². The molecule has 104 valence electrons. The van der Waals surface area contributed by atoms with E-state index in [2.05, 4.69) is 0 Å². The Morgan fingerprint density at radius 2 is 1.95 bits per heavy atom. The number of amides is 1. The van der Waals surface area contributed by atoms with Gasteiger partial charge in [0, 0.05) is 19.5 Å². The number of rotatable bonds is 5. The fraction of sp³-hybridized carbons (Fsp3) is 0.533. The van der Waals surface area contributed by atoms with E-state index in [1.165, 1.54) is 6.42 Å². The van der Waals surface area contributed by atoms with Crippen LogP contribution in [0.5, 0.6) is 11.5 Å². The molecule has 0 unspecified atom stereocenters. The van der Waals surface area contributed by atoms with Crippen LogP contribution in [-0.2, 0) is 11.3 Å². The van der Waals surface area contributed by atoms with Crippen LogP contribution in [0, 0.1) is 0 Å². The van der Waals surface area contributed by atoms with E-state index in [-0.39, 0.29) is 5.91 Å². The Hall–Kier alpha value is -1.71. The molecule has 1 amide bonds. The number of hydrogen-bond donors (Lipinski definition) is 0. The Bertz CT molecular complexity index is 455. The summed E-state index contributed by atoms with van der Waals surface area (Å²) in [5.74, 6) is 1.56. The van der Waals surface area contributed by atoms with Crippen molar-refractivity contribution in [3.8, 4) is 11.5 Å². The lowest BCUT2D eigenvalue weighted by molar-refractivity contribution is -0.133. The highest BCUT2D eigenvalue weighted by molar-refractivity contribution is 5.73. The quantitative estimate of drug-likeness (QED) is 0.819. The highest BCUT2D eigenvalue weighted by Crippen LogP contribution is 2.30. The summed E-state index contributed by atoms with van der Waals surface area (Å²) >= 11 is 0. The summed E-state index contributed by atoms with van der Waals surface area (Å²) in [5.41, 5.74) is 1.07. The van der Waals surface area contributed by atoms with Gasteiger partial charge in [0.2, 0.25) is 5.91 Å². The summed E-state index contributed by atoms with van der Waals surface area (Å²) in [6.07, 6.45) is 3.46. The predicted molar refractivity (Wildman–Crippen MR) is 73.4 cm³/mol. The van der Waals surface area contributed by atoms with E-state index < -0.39 is 0 Å². The van der Waals surface area contributed by atoms with Crippen LogP contribution in [0.25, 0.3) is 0 Å². The van der Waals surface area contributed by atoms with E-state index in [4.69, 9.17) is 9.47 Å². The van der Waals surface area contributed by atoms with Crippen molar-refractivity contribution in [3.05, 3.63) is 23.8 Å². The molecule has 0 N–H and O–H groups in total. The minimum Gasteiger partial charge on any atom is -0.493 e. The molecule has 0 spiro atoms. The van der Waals surface area contributed by atoms with E-state index in [9.17, 15) is 4.79 Å². The molecule has 4 nitrogen and oxygen atoms in total. The summed E-state index contributed by atoms with van der Waals surface area (Å²) in [5, 5.41) is 0. The van der Waals surface area contributed by atoms with Gasteiger partial charge in [-0.2, -0.15) is 0 Å². The van der Waals surface area contributed by atoms with Gasteiger partial charge in [-0.05, 0) is 37.0 Å². The van der Waals surface area contributed by atoms with Crippen LogP contribution in [0.4, 0.5) is 0 Å². The lowest BCUT2D eigenvalue weighted by Gasteiger charge is -2.37. The van der Waals surface area contributed by atoms with E-state index in [1.807, 2.05) is 23.1 Å². The van der Waals surface area contributed by atoms with Crippen LogP contribution >= 0.6 is 0 Å². The molecule has 0 radical (unpaired) electrons. The first-order chi connectivity index (χ1) is 9.15. The van der Waals surface area contributed by atoms with Crippen LogP contribution in [0.15, 0.2) is 18.2 Å². The van der Waals surface area contributed by atoms with Crippen molar-refractivity contribution in [3.63, 3.8) is 0 Å². The van der Waals surface area contributed by atoms with Gasteiger partial charge >= 0.3 is 0 Å². The van der Waals surface area contributed by atoms with Crippen LogP contribution in [-0.4, -0.2) is 31.1 Å². The summed E-state index contributed by atoms with van der Waals surface area (Å²) in [7, 11) is 3.24. The zero-order chi connectivity index (χ0) is 13.8. The number of hydrogen-bond acceptors (Lipinski definition) is 3. The standard InChI is InChI=1S/C15H21NO3/c1-11(17)16(13-5-4-6-13)10-12-7-8-14(18-2)15(9-12)19-3/h7-9,13H,4-6,10H2,1-3H3. The second-order valence-electron chi connectivity index (χ2n) is 4.92. The van der Waals surface area contributed by atoms with Crippen molar-refractivity contribution in [1.29, 1.82) is 0 Å². The fourth-order valence-electron chi connectivity index (χ4n) is 2.37. The molecule has 19 heavy (non-hydrogen) atoms. The Morgan fingerprint density at radius 1 is 1.26 bits per heavy atom. The molecule has 0 heterocycles.